The molecule has 0 spiro atoms. The number of amides is 2. The van der Waals surface area contributed by atoms with Crippen LogP contribution >= 0.6 is 23.2 Å². The minimum Gasteiger partial charge on any atom is -0.465 e. The number of anilines is 3. The fraction of sp³-hybridized carbons (Fsp3) is 0.0667. The number of carbonyl (C=O) groups excluding carboxylic acids is 2. The van der Waals surface area contributed by atoms with Crippen molar-refractivity contribution in [2.24, 2.45) is 0 Å². The third-order valence-corrected chi connectivity index (χ3v) is 4.13. The first-order valence-electron chi connectivity index (χ1n) is 6.70. The fourth-order valence-electron chi connectivity index (χ4n) is 2.25. The van der Waals surface area contributed by atoms with Gasteiger partial charge < -0.3 is 10.1 Å². The van der Waals surface area contributed by atoms with E-state index in [4.69, 9.17) is 23.2 Å². The van der Waals surface area contributed by atoms with Crippen molar-refractivity contribution in [3.05, 3.63) is 52.0 Å². The molecule has 0 atom stereocenters. The molecule has 1 aliphatic heterocycles. The smallest absolute Gasteiger partial charge is 0.347 e. The highest BCUT2D eigenvalue weighted by atomic mass is 35.5. The Balaban J connectivity index is 1.98. The SMILES string of the molecule is COC(=O)c1ccc(N2C(=O)Nc3cc(Cl)c(Cl)cc3N2O)cc1. The molecule has 0 radical (unpaired) electrons. The van der Waals surface area contributed by atoms with E-state index in [-0.39, 0.29) is 15.7 Å². The number of urea groups is 1. The van der Waals surface area contributed by atoms with Crippen molar-refractivity contribution >= 4 is 52.3 Å². The number of hydrogen-bond donors (Lipinski definition) is 2. The predicted octanol–water partition coefficient (Wildman–Crippen LogP) is 3.94. The zero-order valence-corrected chi connectivity index (χ0v) is 13.8. The van der Waals surface area contributed by atoms with Gasteiger partial charge in [-0.3, -0.25) is 5.21 Å². The first kappa shape index (κ1) is 16.4. The minimum absolute atomic E-state index is 0.228. The van der Waals surface area contributed by atoms with E-state index in [0.29, 0.717) is 22.1 Å². The van der Waals surface area contributed by atoms with Gasteiger partial charge in [-0.2, -0.15) is 10.2 Å². The Labute approximate surface area is 146 Å². The molecule has 0 saturated carbocycles. The van der Waals surface area contributed by atoms with E-state index in [0.717, 1.165) is 5.01 Å². The molecule has 0 aliphatic carbocycles. The van der Waals surface area contributed by atoms with E-state index in [1.807, 2.05) is 0 Å². The number of hydrazine groups is 1. The molecule has 1 heterocycles. The lowest BCUT2D eigenvalue weighted by Crippen LogP contribution is -2.51. The summed E-state index contributed by atoms with van der Waals surface area (Å²) in [6.45, 7) is 0. The van der Waals surface area contributed by atoms with Crippen LogP contribution in [-0.4, -0.2) is 24.3 Å². The molecule has 7 nitrogen and oxygen atoms in total. The number of nitrogens with zero attached hydrogens (tertiary/aromatic N) is 2. The number of halogens is 2. The van der Waals surface area contributed by atoms with Crippen molar-refractivity contribution in [2.45, 2.75) is 0 Å². The lowest BCUT2D eigenvalue weighted by molar-refractivity contribution is 0.0600. The van der Waals surface area contributed by atoms with Gasteiger partial charge in [0.25, 0.3) is 0 Å². The van der Waals surface area contributed by atoms with Gasteiger partial charge >= 0.3 is 12.0 Å². The summed E-state index contributed by atoms with van der Waals surface area (Å²) in [5.74, 6) is -0.503. The van der Waals surface area contributed by atoms with Crippen LogP contribution in [0.4, 0.5) is 21.9 Å². The Bertz CT molecular complexity index is 826. The Morgan fingerprint density at radius 2 is 1.79 bits per heavy atom. The summed E-state index contributed by atoms with van der Waals surface area (Å²) in [6, 6.07) is 8.22. The quantitative estimate of drug-likeness (QED) is 0.785. The van der Waals surface area contributed by atoms with Crippen molar-refractivity contribution in [1.82, 2.24) is 0 Å². The molecule has 2 N–H and O–H groups in total. The second kappa shape index (κ2) is 6.20. The molecule has 2 amide bonds. The summed E-state index contributed by atoms with van der Waals surface area (Å²) in [5, 5.41) is 15.1. The molecule has 2 aromatic rings. The minimum atomic E-state index is -0.603. The summed E-state index contributed by atoms with van der Waals surface area (Å²) in [6.07, 6.45) is 0. The van der Waals surface area contributed by atoms with E-state index < -0.39 is 12.0 Å². The van der Waals surface area contributed by atoms with Gasteiger partial charge in [0.05, 0.1) is 34.1 Å². The topological polar surface area (TPSA) is 82.1 Å². The molecular weight excluding hydrogens is 357 g/mol. The molecule has 9 heteroatoms. The number of carbonyl (C=O) groups is 2. The number of ether oxygens (including phenoxy) is 1. The largest absolute Gasteiger partial charge is 0.465 e. The number of nitrogens with one attached hydrogen (secondary N) is 1. The lowest BCUT2D eigenvalue weighted by Gasteiger charge is -2.36. The number of hydrogen-bond acceptors (Lipinski definition) is 5. The Morgan fingerprint density at radius 3 is 2.42 bits per heavy atom. The van der Waals surface area contributed by atoms with Crippen LogP contribution in [0, 0.1) is 0 Å². The van der Waals surface area contributed by atoms with Gasteiger partial charge in [-0.05, 0) is 36.4 Å². The van der Waals surface area contributed by atoms with Gasteiger partial charge in [0.1, 0.15) is 5.69 Å². The molecule has 0 bridgehead atoms. The van der Waals surface area contributed by atoms with Gasteiger partial charge in [-0.1, -0.05) is 23.2 Å². The van der Waals surface area contributed by atoms with E-state index >= 15 is 0 Å². The van der Waals surface area contributed by atoms with Crippen LogP contribution < -0.4 is 15.5 Å². The van der Waals surface area contributed by atoms with Crippen LogP contribution in [0.15, 0.2) is 36.4 Å². The molecule has 124 valence electrons. The highest BCUT2D eigenvalue weighted by Gasteiger charge is 2.31. The van der Waals surface area contributed by atoms with Gasteiger partial charge in [0.15, 0.2) is 0 Å². The number of esters is 1. The second-order valence-corrected chi connectivity index (χ2v) is 5.67. The van der Waals surface area contributed by atoms with Crippen LogP contribution in [0.1, 0.15) is 10.4 Å². The van der Waals surface area contributed by atoms with E-state index in [2.05, 4.69) is 10.1 Å². The molecule has 24 heavy (non-hydrogen) atoms. The van der Waals surface area contributed by atoms with Gasteiger partial charge in [0.2, 0.25) is 0 Å². The van der Waals surface area contributed by atoms with E-state index in [1.54, 1.807) is 0 Å². The number of benzene rings is 2. The first-order valence-corrected chi connectivity index (χ1v) is 7.45. The predicted molar refractivity (Wildman–Crippen MR) is 90.0 cm³/mol. The van der Waals surface area contributed by atoms with Crippen molar-refractivity contribution < 1.29 is 19.5 Å². The van der Waals surface area contributed by atoms with E-state index in [1.165, 1.54) is 43.5 Å². The normalized spacial score (nSPS) is 13.4. The molecular formula is C15H11Cl2N3O4. The van der Waals surface area contributed by atoms with Crippen molar-refractivity contribution in [3.63, 3.8) is 0 Å². The van der Waals surface area contributed by atoms with Gasteiger partial charge in [-0.25, -0.2) is 9.59 Å². The second-order valence-electron chi connectivity index (χ2n) is 4.85. The third kappa shape index (κ3) is 2.73. The zero-order valence-electron chi connectivity index (χ0n) is 12.3. The molecule has 0 saturated heterocycles. The highest BCUT2D eigenvalue weighted by Crippen LogP contribution is 2.38. The maximum atomic E-state index is 12.3. The standard InChI is InChI=1S/C15H11Cl2N3O4/c1-24-14(21)8-2-4-9(5-3-8)19-15(22)18-12-6-10(16)11(17)7-13(12)20(19)23/h2-7,23H,1H3,(H,18,22). The van der Waals surface area contributed by atoms with Gasteiger partial charge in [-0.15, -0.1) is 0 Å². The molecule has 0 unspecified atom stereocenters. The molecule has 3 rings (SSSR count). The molecule has 2 aromatic carbocycles. The summed E-state index contributed by atoms with van der Waals surface area (Å²) in [4.78, 5) is 23.7. The van der Waals surface area contributed by atoms with Crippen molar-refractivity contribution in [1.29, 1.82) is 0 Å². The Morgan fingerprint density at radius 1 is 1.17 bits per heavy atom. The van der Waals surface area contributed by atoms with Crippen LogP contribution in [0.25, 0.3) is 0 Å². The summed E-state index contributed by atoms with van der Waals surface area (Å²) < 4.78 is 4.62. The fourth-order valence-corrected chi connectivity index (χ4v) is 2.57. The average molecular weight is 368 g/mol. The monoisotopic (exact) mass is 367 g/mol. The summed E-state index contributed by atoms with van der Waals surface area (Å²) in [7, 11) is 1.27. The Hall–Kier alpha value is -2.48. The number of methoxy groups -OCH3 is 1. The lowest BCUT2D eigenvalue weighted by atomic mass is 10.2. The van der Waals surface area contributed by atoms with Crippen molar-refractivity contribution in [3.8, 4) is 0 Å². The van der Waals surface area contributed by atoms with Gasteiger partial charge in [0, 0.05) is 0 Å². The molecule has 0 fully saturated rings. The first-order chi connectivity index (χ1) is 11.4. The zero-order chi connectivity index (χ0) is 17.4. The molecule has 1 aliphatic rings. The van der Waals surface area contributed by atoms with Crippen LogP contribution in [0.3, 0.4) is 0 Å². The number of fused-ring (bicyclic) bond motifs is 1. The maximum Gasteiger partial charge on any atom is 0.347 e. The Kier molecular flexibility index (Phi) is 4.23. The summed E-state index contributed by atoms with van der Waals surface area (Å²) >= 11 is 11.9. The summed E-state index contributed by atoms with van der Waals surface area (Å²) in [5.41, 5.74) is 1.22. The van der Waals surface area contributed by atoms with Crippen LogP contribution in [0.5, 0.6) is 0 Å². The average Bonchev–Trinajstić information content (AvgIpc) is 2.57. The van der Waals surface area contributed by atoms with E-state index in [9.17, 15) is 14.8 Å². The maximum absolute atomic E-state index is 12.3. The van der Waals surface area contributed by atoms with Crippen LogP contribution in [-0.2, 0) is 4.74 Å². The van der Waals surface area contributed by atoms with Crippen LogP contribution in [0.2, 0.25) is 10.0 Å². The molecule has 0 aromatic heterocycles. The van der Waals surface area contributed by atoms with Crippen molar-refractivity contribution in [2.75, 3.05) is 22.6 Å². The highest BCUT2D eigenvalue weighted by molar-refractivity contribution is 6.42. The third-order valence-electron chi connectivity index (χ3n) is 3.41. The number of rotatable bonds is 2.